The van der Waals surface area contributed by atoms with Gasteiger partial charge in [0.2, 0.25) is 0 Å². The number of esters is 2. The van der Waals surface area contributed by atoms with E-state index in [4.69, 9.17) is 21.1 Å². The lowest BCUT2D eigenvalue weighted by Gasteiger charge is -2.17. The van der Waals surface area contributed by atoms with E-state index in [1.54, 1.807) is 18.2 Å². The van der Waals surface area contributed by atoms with Crippen LogP contribution in [0.4, 0.5) is 0 Å². The highest BCUT2D eigenvalue weighted by molar-refractivity contribution is 6.31. The Hall–Kier alpha value is -1.55. The van der Waals surface area contributed by atoms with Gasteiger partial charge in [0.05, 0.1) is 19.4 Å². The number of ether oxygens (including phenoxy) is 2. The van der Waals surface area contributed by atoms with Gasteiger partial charge in [0.1, 0.15) is 5.75 Å². The van der Waals surface area contributed by atoms with E-state index in [0.29, 0.717) is 17.4 Å². The van der Waals surface area contributed by atoms with E-state index < -0.39 is 11.9 Å². The van der Waals surface area contributed by atoms with Gasteiger partial charge in [0.15, 0.2) is 0 Å². The number of carbonyl (C=O) groups excluding carboxylic acids is 2. The van der Waals surface area contributed by atoms with Crippen LogP contribution in [-0.4, -0.2) is 18.5 Å². The van der Waals surface area contributed by atoms with Gasteiger partial charge in [-0.15, -0.1) is 0 Å². The molecule has 5 heteroatoms. The van der Waals surface area contributed by atoms with Crippen molar-refractivity contribution in [3.8, 4) is 5.75 Å². The van der Waals surface area contributed by atoms with Crippen molar-refractivity contribution in [1.29, 1.82) is 0 Å². The van der Waals surface area contributed by atoms with Crippen molar-refractivity contribution in [3.63, 3.8) is 0 Å². The topological polar surface area (TPSA) is 52.6 Å². The van der Waals surface area contributed by atoms with E-state index in [1.165, 1.54) is 0 Å². The Kier molecular flexibility index (Phi) is 6.21. The summed E-state index contributed by atoms with van der Waals surface area (Å²) in [6, 6.07) is 4.96. The second-order valence-corrected chi connectivity index (χ2v) is 6.51. The maximum Gasteiger partial charge on any atom is 0.311 e. The third kappa shape index (κ3) is 7.14. The number of hydrogen-bond donors (Lipinski definition) is 0. The van der Waals surface area contributed by atoms with Crippen LogP contribution in [0.2, 0.25) is 5.02 Å². The molecule has 0 atom stereocenters. The molecule has 0 aliphatic carbocycles. The molecule has 0 heterocycles. The average Bonchev–Trinajstić information content (AvgIpc) is 2.37. The molecule has 1 rings (SSSR count). The first kappa shape index (κ1) is 17.5. The van der Waals surface area contributed by atoms with E-state index in [0.717, 1.165) is 5.56 Å². The average molecular weight is 313 g/mol. The Morgan fingerprint density at radius 2 is 1.76 bits per heavy atom. The molecule has 0 radical (unpaired) electrons. The standard InChI is InChI=1S/C16H21ClO4/c1-11-9-12(5-6-13(11)17)21-15(19)8-7-14(18)20-10-16(2,3)4/h5-6,9H,7-8,10H2,1-4H3. The Morgan fingerprint density at radius 3 is 2.33 bits per heavy atom. The van der Waals surface area contributed by atoms with Crippen molar-refractivity contribution in [2.24, 2.45) is 5.41 Å². The molecule has 0 unspecified atom stereocenters. The van der Waals surface area contributed by atoms with Crippen LogP contribution in [0.5, 0.6) is 5.75 Å². The van der Waals surface area contributed by atoms with Crippen LogP contribution in [0.25, 0.3) is 0 Å². The molecule has 1 aromatic carbocycles. The molecule has 0 saturated heterocycles. The molecular weight excluding hydrogens is 292 g/mol. The van der Waals surface area contributed by atoms with Gasteiger partial charge < -0.3 is 9.47 Å². The summed E-state index contributed by atoms with van der Waals surface area (Å²) in [7, 11) is 0. The predicted molar refractivity (Wildman–Crippen MR) is 81.5 cm³/mol. The normalized spacial score (nSPS) is 11.1. The quantitative estimate of drug-likeness (QED) is 0.610. The van der Waals surface area contributed by atoms with Crippen LogP contribution in [0.1, 0.15) is 39.2 Å². The zero-order valence-electron chi connectivity index (χ0n) is 12.9. The fourth-order valence-corrected chi connectivity index (χ4v) is 1.55. The van der Waals surface area contributed by atoms with Crippen LogP contribution in [-0.2, 0) is 14.3 Å². The third-order valence-electron chi connectivity index (χ3n) is 2.56. The molecule has 0 aliphatic heterocycles. The molecule has 0 amide bonds. The van der Waals surface area contributed by atoms with Gasteiger partial charge in [-0.25, -0.2) is 0 Å². The Balaban J connectivity index is 2.37. The van der Waals surface area contributed by atoms with Crippen molar-refractivity contribution in [3.05, 3.63) is 28.8 Å². The number of hydrogen-bond acceptors (Lipinski definition) is 4. The third-order valence-corrected chi connectivity index (χ3v) is 2.98. The Bertz CT molecular complexity index is 517. The summed E-state index contributed by atoms with van der Waals surface area (Å²) in [5.74, 6) is -0.441. The smallest absolute Gasteiger partial charge is 0.311 e. The molecule has 0 aliphatic rings. The minimum Gasteiger partial charge on any atom is -0.465 e. The van der Waals surface area contributed by atoms with Gasteiger partial charge in [-0.1, -0.05) is 32.4 Å². The Morgan fingerprint density at radius 1 is 1.14 bits per heavy atom. The van der Waals surface area contributed by atoms with E-state index in [1.807, 2.05) is 27.7 Å². The van der Waals surface area contributed by atoms with Crippen LogP contribution >= 0.6 is 11.6 Å². The number of carbonyl (C=O) groups is 2. The lowest BCUT2D eigenvalue weighted by atomic mass is 9.99. The van der Waals surface area contributed by atoms with Gasteiger partial charge in [-0.05, 0) is 36.1 Å². The second kappa shape index (κ2) is 7.46. The predicted octanol–water partition coefficient (Wildman–Crippen LogP) is 3.92. The summed E-state index contributed by atoms with van der Waals surface area (Å²) in [4.78, 5) is 23.1. The summed E-state index contributed by atoms with van der Waals surface area (Å²) < 4.78 is 10.2. The lowest BCUT2D eigenvalue weighted by molar-refractivity contribution is -0.149. The highest BCUT2D eigenvalue weighted by Gasteiger charge is 2.15. The molecule has 0 aromatic heterocycles. The van der Waals surface area contributed by atoms with Gasteiger partial charge in [-0.2, -0.15) is 0 Å². The van der Waals surface area contributed by atoms with Gasteiger partial charge in [0.25, 0.3) is 0 Å². The van der Waals surface area contributed by atoms with Crippen LogP contribution in [0.15, 0.2) is 18.2 Å². The number of aryl methyl sites for hydroxylation is 1. The van der Waals surface area contributed by atoms with Gasteiger partial charge in [0, 0.05) is 5.02 Å². The number of rotatable bonds is 5. The van der Waals surface area contributed by atoms with Crippen LogP contribution < -0.4 is 4.74 Å². The monoisotopic (exact) mass is 312 g/mol. The van der Waals surface area contributed by atoms with Gasteiger partial charge in [-0.3, -0.25) is 9.59 Å². The zero-order valence-corrected chi connectivity index (χ0v) is 13.6. The molecule has 0 N–H and O–H groups in total. The largest absolute Gasteiger partial charge is 0.465 e. The second-order valence-electron chi connectivity index (χ2n) is 6.11. The van der Waals surface area contributed by atoms with Crippen molar-refractivity contribution in [1.82, 2.24) is 0 Å². The molecule has 0 bridgehead atoms. The van der Waals surface area contributed by atoms with Crippen LogP contribution in [0.3, 0.4) is 0 Å². The fraction of sp³-hybridized carbons (Fsp3) is 0.500. The lowest BCUT2D eigenvalue weighted by Crippen LogP contribution is -2.19. The summed E-state index contributed by atoms with van der Waals surface area (Å²) in [6.45, 7) is 8.06. The molecule has 1 aromatic rings. The molecule has 0 saturated carbocycles. The Labute approximate surface area is 130 Å². The fourth-order valence-electron chi connectivity index (χ4n) is 1.44. The molecule has 4 nitrogen and oxygen atoms in total. The maximum absolute atomic E-state index is 11.7. The first-order chi connectivity index (χ1) is 9.67. The van der Waals surface area contributed by atoms with Crippen LogP contribution in [0, 0.1) is 12.3 Å². The molecule has 0 spiro atoms. The minimum atomic E-state index is -0.468. The summed E-state index contributed by atoms with van der Waals surface area (Å²) in [5.41, 5.74) is 0.739. The molecule has 0 fully saturated rings. The molecule has 116 valence electrons. The summed E-state index contributed by atoms with van der Waals surface area (Å²) in [5, 5.41) is 0.612. The van der Waals surface area contributed by atoms with E-state index in [9.17, 15) is 9.59 Å². The van der Waals surface area contributed by atoms with Gasteiger partial charge >= 0.3 is 11.9 Å². The highest BCUT2D eigenvalue weighted by Crippen LogP contribution is 2.21. The summed E-state index contributed by atoms with van der Waals surface area (Å²) in [6.07, 6.45) is 0.00609. The first-order valence-corrected chi connectivity index (χ1v) is 7.17. The molecular formula is C16H21ClO4. The van der Waals surface area contributed by atoms with E-state index >= 15 is 0 Å². The maximum atomic E-state index is 11.7. The van der Waals surface area contributed by atoms with Crippen molar-refractivity contribution in [2.75, 3.05) is 6.61 Å². The number of halogens is 1. The van der Waals surface area contributed by atoms with Crippen molar-refractivity contribution < 1.29 is 19.1 Å². The SMILES string of the molecule is Cc1cc(OC(=O)CCC(=O)OCC(C)(C)C)ccc1Cl. The number of benzene rings is 1. The molecule has 21 heavy (non-hydrogen) atoms. The summed E-state index contributed by atoms with van der Waals surface area (Å²) >= 11 is 5.89. The first-order valence-electron chi connectivity index (χ1n) is 6.80. The zero-order chi connectivity index (χ0) is 16.0. The van der Waals surface area contributed by atoms with Crippen molar-refractivity contribution >= 4 is 23.5 Å². The highest BCUT2D eigenvalue weighted by atomic mass is 35.5. The van der Waals surface area contributed by atoms with Crippen molar-refractivity contribution in [2.45, 2.75) is 40.5 Å². The van der Waals surface area contributed by atoms with E-state index in [-0.39, 0.29) is 18.3 Å². The van der Waals surface area contributed by atoms with E-state index in [2.05, 4.69) is 0 Å². The minimum absolute atomic E-state index is 0.00928.